The van der Waals surface area contributed by atoms with Crippen LogP contribution in [0.25, 0.3) is 0 Å². The van der Waals surface area contributed by atoms with Gasteiger partial charge >= 0.3 is 5.97 Å². The number of rotatable bonds is 2. The molecule has 2 rings (SSSR count). The summed E-state index contributed by atoms with van der Waals surface area (Å²) in [6, 6.07) is 0. The van der Waals surface area contributed by atoms with Crippen molar-refractivity contribution in [1.29, 1.82) is 0 Å². The second-order valence-electron chi connectivity index (χ2n) is 6.48. The first-order valence-corrected chi connectivity index (χ1v) is 7.06. The number of hydrogen-bond acceptors (Lipinski definition) is 3. The first kappa shape index (κ1) is 14.3. The maximum Gasteiger partial charge on any atom is 0.307 e. The molecule has 2 fully saturated rings. The Hall–Kier alpha value is -1.10. The SMILES string of the molecule is CN1CCN(C(=O)[C@@H]2CCC[C@@H]2C(=O)O)CC1(C)C. The second-order valence-corrected chi connectivity index (χ2v) is 6.48. The molecule has 1 N–H and O–H groups in total. The number of piperazine rings is 1. The van der Waals surface area contributed by atoms with E-state index in [0.717, 1.165) is 19.4 Å². The van der Waals surface area contributed by atoms with E-state index in [-0.39, 0.29) is 17.4 Å². The van der Waals surface area contributed by atoms with Gasteiger partial charge in [0.1, 0.15) is 0 Å². The average Bonchev–Trinajstić information content (AvgIpc) is 2.80. The molecule has 2 atom stereocenters. The van der Waals surface area contributed by atoms with Crippen LogP contribution in [0.15, 0.2) is 0 Å². The van der Waals surface area contributed by atoms with Gasteiger partial charge in [-0.15, -0.1) is 0 Å². The van der Waals surface area contributed by atoms with E-state index in [4.69, 9.17) is 0 Å². The molecular weight excluding hydrogens is 244 g/mol. The standard InChI is InChI=1S/C14H24N2O3/c1-14(2)9-16(8-7-15(14)3)12(17)10-5-4-6-11(10)13(18)19/h10-11H,4-9H2,1-3H3,(H,18,19)/t10-,11+/m1/s1. The summed E-state index contributed by atoms with van der Waals surface area (Å²) in [5.41, 5.74) is -0.0365. The zero-order valence-electron chi connectivity index (χ0n) is 12.1. The Bertz CT molecular complexity index is 381. The highest BCUT2D eigenvalue weighted by Gasteiger charge is 2.42. The molecule has 0 aromatic rings. The van der Waals surface area contributed by atoms with E-state index >= 15 is 0 Å². The van der Waals surface area contributed by atoms with Gasteiger partial charge in [-0.25, -0.2) is 0 Å². The molecule has 1 aliphatic heterocycles. The molecule has 1 aliphatic carbocycles. The summed E-state index contributed by atoms with van der Waals surface area (Å²) in [5, 5.41) is 9.20. The Kier molecular flexibility index (Phi) is 3.85. The lowest BCUT2D eigenvalue weighted by molar-refractivity contribution is -0.151. The van der Waals surface area contributed by atoms with Gasteiger partial charge in [0, 0.05) is 25.2 Å². The summed E-state index contributed by atoms with van der Waals surface area (Å²) < 4.78 is 0. The molecule has 0 aromatic heterocycles. The highest BCUT2D eigenvalue weighted by molar-refractivity contribution is 5.85. The number of nitrogens with zero attached hydrogens (tertiary/aromatic N) is 2. The largest absolute Gasteiger partial charge is 0.481 e. The molecule has 1 heterocycles. The van der Waals surface area contributed by atoms with Crippen molar-refractivity contribution in [2.75, 3.05) is 26.7 Å². The van der Waals surface area contributed by atoms with Gasteiger partial charge < -0.3 is 10.0 Å². The van der Waals surface area contributed by atoms with E-state index in [1.165, 1.54) is 0 Å². The lowest BCUT2D eigenvalue weighted by Crippen LogP contribution is -2.60. The molecule has 2 aliphatic rings. The minimum atomic E-state index is -0.816. The van der Waals surface area contributed by atoms with Crippen molar-refractivity contribution in [3.05, 3.63) is 0 Å². The number of likely N-dealkylation sites (N-methyl/N-ethyl adjacent to an activating group) is 1. The van der Waals surface area contributed by atoms with Crippen LogP contribution in [0.4, 0.5) is 0 Å². The third-order valence-electron chi connectivity index (χ3n) is 4.78. The number of carbonyl (C=O) groups excluding carboxylic acids is 1. The fourth-order valence-electron chi connectivity index (χ4n) is 3.21. The lowest BCUT2D eigenvalue weighted by atomic mass is 9.92. The molecule has 1 saturated carbocycles. The van der Waals surface area contributed by atoms with Crippen LogP contribution >= 0.6 is 0 Å². The van der Waals surface area contributed by atoms with Crippen LogP contribution in [0.5, 0.6) is 0 Å². The summed E-state index contributed by atoms with van der Waals surface area (Å²) in [6.07, 6.45) is 2.22. The topological polar surface area (TPSA) is 60.9 Å². The molecule has 108 valence electrons. The van der Waals surface area contributed by atoms with Crippen molar-refractivity contribution in [3.8, 4) is 0 Å². The molecule has 0 bridgehead atoms. The zero-order chi connectivity index (χ0) is 14.2. The molecule has 5 nitrogen and oxygen atoms in total. The van der Waals surface area contributed by atoms with Crippen LogP contribution in [0, 0.1) is 11.8 Å². The van der Waals surface area contributed by atoms with Gasteiger partial charge in [-0.3, -0.25) is 14.5 Å². The quantitative estimate of drug-likeness (QED) is 0.813. The van der Waals surface area contributed by atoms with E-state index in [1.807, 2.05) is 4.90 Å². The third kappa shape index (κ3) is 2.76. The molecule has 5 heteroatoms. The van der Waals surface area contributed by atoms with Crippen LogP contribution in [-0.2, 0) is 9.59 Å². The molecule has 0 spiro atoms. The Morgan fingerprint density at radius 3 is 2.37 bits per heavy atom. The molecule has 1 saturated heterocycles. The number of aliphatic carboxylic acids is 1. The highest BCUT2D eigenvalue weighted by atomic mass is 16.4. The van der Waals surface area contributed by atoms with Crippen LogP contribution in [-0.4, -0.2) is 59.0 Å². The van der Waals surface area contributed by atoms with Gasteiger partial charge in [0.25, 0.3) is 0 Å². The smallest absolute Gasteiger partial charge is 0.307 e. The van der Waals surface area contributed by atoms with Crippen LogP contribution in [0.3, 0.4) is 0 Å². The highest BCUT2D eigenvalue weighted by Crippen LogP contribution is 2.34. The summed E-state index contributed by atoms with van der Waals surface area (Å²) >= 11 is 0. The van der Waals surface area contributed by atoms with Crippen molar-refractivity contribution >= 4 is 11.9 Å². The van der Waals surface area contributed by atoms with E-state index in [2.05, 4.69) is 25.8 Å². The minimum Gasteiger partial charge on any atom is -0.481 e. The Morgan fingerprint density at radius 2 is 1.79 bits per heavy atom. The van der Waals surface area contributed by atoms with Crippen molar-refractivity contribution in [2.45, 2.75) is 38.6 Å². The van der Waals surface area contributed by atoms with Gasteiger partial charge in [-0.2, -0.15) is 0 Å². The normalized spacial score (nSPS) is 31.4. The lowest BCUT2D eigenvalue weighted by Gasteiger charge is -2.46. The van der Waals surface area contributed by atoms with Crippen molar-refractivity contribution in [1.82, 2.24) is 9.80 Å². The van der Waals surface area contributed by atoms with Crippen molar-refractivity contribution in [2.24, 2.45) is 11.8 Å². The van der Waals surface area contributed by atoms with Gasteiger partial charge in [-0.05, 0) is 33.7 Å². The number of amides is 1. The van der Waals surface area contributed by atoms with E-state index in [9.17, 15) is 14.7 Å². The first-order valence-electron chi connectivity index (χ1n) is 7.06. The number of carboxylic acids is 1. The number of carbonyl (C=O) groups is 2. The Morgan fingerprint density at radius 1 is 1.16 bits per heavy atom. The zero-order valence-corrected chi connectivity index (χ0v) is 12.1. The molecular formula is C14H24N2O3. The van der Waals surface area contributed by atoms with Crippen molar-refractivity contribution in [3.63, 3.8) is 0 Å². The first-order chi connectivity index (χ1) is 8.83. The number of hydrogen-bond donors (Lipinski definition) is 1. The minimum absolute atomic E-state index is 0.0365. The van der Waals surface area contributed by atoms with Crippen LogP contribution in [0.1, 0.15) is 33.1 Å². The Balaban J connectivity index is 2.06. The van der Waals surface area contributed by atoms with E-state index in [0.29, 0.717) is 19.5 Å². The maximum atomic E-state index is 12.6. The Labute approximate surface area is 114 Å². The third-order valence-corrected chi connectivity index (χ3v) is 4.78. The maximum absolute atomic E-state index is 12.6. The van der Waals surface area contributed by atoms with Crippen LogP contribution in [0.2, 0.25) is 0 Å². The monoisotopic (exact) mass is 268 g/mol. The van der Waals surface area contributed by atoms with Gasteiger partial charge in [-0.1, -0.05) is 6.42 Å². The van der Waals surface area contributed by atoms with Gasteiger partial charge in [0.05, 0.1) is 11.8 Å². The molecule has 1 amide bonds. The fourth-order valence-corrected chi connectivity index (χ4v) is 3.21. The fraction of sp³-hybridized carbons (Fsp3) is 0.857. The summed E-state index contributed by atoms with van der Waals surface area (Å²) in [7, 11) is 2.07. The summed E-state index contributed by atoms with van der Waals surface area (Å²) in [6.45, 7) is 6.49. The van der Waals surface area contributed by atoms with Gasteiger partial charge in [0.2, 0.25) is 5.91 Å². The average molecular weight is 268 g/mol. The second kappa shape index (κ2) is 5.12. The van der Waals surface area contributed by atoms with Crippen molar-refractivity contribution < 1.29 is 14.7 Å². The van der Waals surface area contributed by atoms with E-state index < -0.39 is 11.9 Å². The molecule has 0 radical (unpaired) electrons. The van der Waals surface area contributed by atoms with Crippen LogP contribution < -0.4 is 0 Å². The predicted octanol–water partition coefficient (Wildman–Crippen LogP) is 1.04. The number of carboxylic acid groups (broad SMARTS) is 1. The van der Waals surface area contributed by atoms with E-state index in [1.54, 1.807) is 0 Å². The molecule has 19 heavy (non-hydrogen) atoms. The molecule has 0 unspecified atom stereocenters. The predicted molar refractivity (Wildman–Crippen MR) is 71.8 cm³/mol. The molecule has 0 aromatic carbocycles. The summed E-state index contributed by atoms with van der Waals surface area (Å²) in [5.74, 6) is -1.55. The summed E-state index contributed by atoms with van der Waals surface area (Å²) in [4.78, 5) is 27.9. The van der Waals surface area contributed by atoms with Gasteiger partial charge in [0.15, 0.2) is 0 Å².